The molecular formula is C12H25AlO6. The maximum absolute atomic E-state index is 11.4. The first-order valence-corrected chi connectivity index (χ1v) is 6.29. The van der Waals surface area contributed by atoms with Crippen LogP contribution in [0.1, 0.15) is 26.2 Å². The number of carboxylic acids is 1. The Kier molecular flexibility index (Phi) is 9.62. The largest absolute Gasteiger partial charge is 0.477 e. The molecule has 1 fully saturated rings. The second-order valence-electron chi connectivity index (χ2n) is 4.08. The number of methoxy groups -OCH3 is 1. The van der Waals surface area contributed by atoms with Gasteiger partial charge in [-0.25, -0.2) is 4.79 Å². The molecule has 0 aromatic heterocycles. The van der Waals surface area contributed by atoms with Gasteiger partial charge in [0.2, 0.25) is 0 Å². The summed E-state index contributed by atoms with van der Waals surface area (Å²) in [6, 6.07) is 0. The van der Waals surface area contributed by atoms with E-state index in [1.807, 2.05) is 6.92 Å². The number of carboxylic acid groups (broad SMARTS) is 1. The Hall–Kier alpha value is -0.158. The molecule has 1 aliphatic heterocycles. The maximum Gasteiger partial charge on any atom is 0.367 e. The zero-order chi connectivity index (χ0) is 13.4. The van der Waals surface area contributed by atoms with E-state index in [9.17, 15) is 9.90 Å². The van der Waals surface area contributed by atoms with Crippen LogP contribution in [0.15, 0.2) is 0 Å². The van der Waals surface area contributed by atoms with Gasteiger partial charge < -0.3 is 24.1 Å². The molecule has 2 atom stereocenters. The van der Waals surface area contributed by atoms with Crippen molar-refractivity contribution in [1.29, 1.82) is 0 Å². The van der Waals surface area contributed by atoms with Crippen molar-refractivity contribution in [2.24, 2.45) is 0 Å². The maximum atomic E-state index is 11.4. The molecule has 112 valence electrons. The summed E-state index contributed by atoms with van der Waals surface area (Å²) in [7, 11) is 1.33. The molecule has 6 nitrogen and oxygen atoms in total. The van der Waals surface area contributed by atoms with Gasteiger partial charge in [0.05, 0.1) is 13.2 Å². The molecule has 1 N–H and O–H groups in total. The zero-order valence-electron chi connectivity index (χ0n) is 11.0. The van der Waals surface area contributed by atoms with Gasteiger partial charge in [-0.05, 0) is 26.2 Å². The molecule has 0 amide bonds. The van der Waals surface area contributed by atoms with Crippen LogP contribution in [0.2, 0.25) is 0 Å². The van der Waals surface area contributed by atoms with Gasteiger partial charge in [-0.15, -0.1) is 0 Å². The summed E-state index contributed by atoms with van der Waals surface area (Å²) in [5, 5.41) is 9.36. The fraction of sp³-hybridized carbons (Fsp3) is 0.917. The normalized spacial score (nSPS) is 22.3. The molecule has 1 rings (SSSR count). The molecular weight excluding hydrogens is 267 g/mol. The highest BCUT2D eigenvalue weighted by molar-refractivity contribution is 5.76. The van der Waals surface area contributed by atoms with E-state index in [0.29, 0.717) is 26.2 Å². The Labute approximate surface area is 124 Å². The zero-order valence-corrected chi connectivity index (χ0v) is 11.0. The van der Waals surface area contributed by atoms with Crippen LogP contribution >= 0.6 is 0 Å². The van der Waals surface area contributed by atoms with Crippen LogP contribution in [0.4, 0.5) is 0 Å². The molecule has 0 spiro atoms. The lowest BCUT2D eigenvalue weighted by molar-refractivity contribution is -0.284. The minimum atomic E-state index is -1.72. The van der Waals surface area contributed by atoms with E-state index in [0.717, 1.165) is 12.8 Å². The molecule has 0 bridgehead atoms. The molecule has 2 unspecified atom stereocenters. The van der Waals surface area contributed by atoms with Crippen molar-refractivity contribution in [3.8, 4) is 0 Å². The van der Waals surface area contributed by atoms with Crippen LogP contribution in [0, 0.1) is 0 Å². The van der Waals surface area contributed by atoms with Crippen molar-refractivity contribution in [1.82, 2.24) is 0 Å². The van der Waals surface area contributed by atoms with Crippen LogP contribution in [-0.2, 0) is 23.7 Å². The topological polar surface area (TPSA) is 74.2 Å². The van der Waals surface area contributed by atoms with Crippen LogP contribution in [0.3, 0.4) is 0 Å². The molecule has 7 heteroatoms. The number of hydrogen-bond acceptors (Lipinski definition) is 5. The standard InChI is InChI=1S/C12H22O6.Al.3H/c1-3-16-8-9-18-12(15-2,11(13)14)10-6-4-5-7-17-10;;;;/h10H,3-9H2,1-2H3,(H,13,14);;;;. The van der Waals surface area contributed by atoms with E-state index in [2.05, 4.69) is 0 Å². The monoisotopic (exact) mass is 292 g/mol. The lowest BCUT2D eigenvalue weighted by atomic mass is 10.0. The molecule has 0 aromatic carbocycles. The Morgan fingerprint density at radius 1 is 1.42 bits per heavy atom. The Morgan fingerprint density at radius 3 is 2.63 bits per heavy atom. The predicted molar refractivity (Wildman–Crippen MR) is 73.4 cm³/mol. The van der Waals surface area contributed by atoms with Crippen molar-refractivity contribution in [2.75, 3.05) is 33.5 Å². The number of hydrogen-bond donors (Lipinski definition) is 1. The Morgan fingerprint density at radius 2 is 2.16 bits per heavy atom. The fourth-order valence-electron chi connectivity index (χ4n) is 2.01. The molecule has 0 aromatic rings. The third-order valence-electron chi connectivity index (χ3n) is 2.95. The summed E-state index contributed by atoms with van der Waals surface area (Å²) < 4.78 is 21.1. The van der Waals surface area contributed by atoms with Gasteiger partial charge >= 0.3 is 5.97 Å². The Balaban J connectivity index is 0.00000324. The average Bonchev–Trinajstić information content (AvgIpc) is 2.40. The summed E-state index contributed by atoms with van der Waals surface area (Å²) in [4.78, 5) is 11.4. The number of rotatable bonds is 8. The molecule has 1 saturated heterocycles. The van der Waals surface area contributed by atoms with E-state index >= 15 is 0 Å². The van der Waals surface area contributed by atoms with Crippen LogP contribution < -0.4 is 0 Å². The SMILES string of the molecule is CCOCCOC(OC)(C(=O)O)C1CCCCO1.[AlH3]. The van der Waals surface area contributed by atoms with Gasteiger partial charge in [-0.3, -0.25) is 0 Å². The molecule has 0 radical (unpaired) electrons. The third kappa shape index (κ3) is 5.03. The summed E-state index contributed by atoms with van der Waals surface area (Å²) in [5.41, 5.74) is 0. The van der Waals surface area contributed by atoms with Gasteiger partial charge in [-0.2, -0.15) is 0 Å². The van der Waals surface area contributed by atoms with Crippen molar-refractivity contribution in [3.63, 3.8) is 0 Å². The molecule has 1 heterocycles. The molecule has 0 saturated carbocycles. The fourth-order valence-corrected chi connectivity index (χ4v) is 2.01. The van der Waals surface area contributed by atoms with Crippen molar-refractivity contribution in [3.05, 3.63) is 0 Å². The summed E-state index contributed by atoms with van der Waals surface area (Å²) in [5.74, 6) is -2.88. The first-order chi connectivity index (χ1) is 8.67. The van der Waals surface area contributed by atoms with E-state index in [-0.39, 0.29) is 24.0 Å². The van der Waals surface area contributed by atoms with E-state index in [4.69, 9.17) is 18.9 Å². The van der Waals surface area contributed by atoms with Crippen LogP contribution in [-0.4, -0.2) is 73.9 Å². The minimum absolute atomic E-state index is 0. The second kappa shape index (κ2) is 9.70. The van der Waals surface area contributed by atoms with E-state index in [1.165, 1.54) is 7.11 Å². The van der Waals surface area contributed by atoms with Crippen molar-refractivity contribution >= 4 is 23.3 Å². The predicted octanol–water partition coefficient (Wildman–Crippen LogP) is -0.148. The number of carbonyl (C=O) groups is 1. The van der Waals surface area contributed by atoms with Gasteiger partial charge in [0.15, 0.2) is 17.4 Å². The van der Waals surface area contributed by atoms with E-state index in [1.54, 1.807) is 0 Å². The second-order valence-corrected chi connectivity index (χ2v) is 4.08. The molecule has 1 aliphatic rings. The average molecular weight is 292 g/mol. The third-order valence-corrected chi connectivity index (χ3v) is 2.95. The highest BCUT2D eigenvalue weighted by atomic mass is 27.0. The molecule has 0 aliphatic carbocycles. The summed E-state index contributed by atoms with van der Waals surface area (Å²) >= 11 is 0. The van der Waals surface area contributed by atoms with Crippen LogP contribution in [0.25, 0.3) is 0 Å². The highest BCUT2D eigenvalue weighted by Crippen LogP contribution is 2.28. The first kappa shape index (κ1) is 18.8. The number of aliphatic carboxylic acids is 1. The van der Waals surface area contributed by atoms with E-state index < -0.39 is 17.9 Å². The molecule has 19 heavy (non-hydrogen) atoms. The lowest BCUT2D eigenvalue weighted by Crippen LogP contribution is -2.55. The summed E-state index contributed by atoms with van der Waals surface area (Å²) in [6.07, 6.45) is 1.90. The smallest absolute Gasteiger partial charge is 0.367 e. The van der Waals surface area contributed by atoms with Gasteiger partial charge in [0, 0.05) is 20.3 Å². The summed E-state index contributed by atoms with van der Waals surface area (Å²) in [6.45, 7) is 3.47. The quantitative estimate of drug-likeness (QED) is 0.381. The van der Waals surface area contributed by atoms with Crippen molar-refractivity contribution < 1.29 is 28.8 Å². The first-order valence-electron chi connectivity index (χ1n) is 6.29. The minimum Gasteiger partial charge on any atom is -0.477 e. The number of ether oxygens (including phenoxy) is 4. The Bertz CT molecular complexity index is 257. The highest BCUT2D eigenvalue weighted by Gasteiger charge is 2.49. The lowest BCUT2D eigenvalue weighted by Gasteiger charge is -2.37. The van der Waals surface area contributed by atoms with Crippen LogP contribution in [0.5, 0.6) is 0 Å². The van der Waals surface area contributed by atoms with Gasteiger partial charge in [-0.1, -0.05) is 0 Å². The van der Waals surface area contributed by atoms with Crippen molar-refractivity contribution in [2.45, 2.75) is 38.1 Å². The van der Waals surface area contributed by atoms with Gasteiger partial charge in [0.1, 0.15) is 6.10 Å². The van der Waals surface area contributed by atoms with Gasteiger partial charge in [0.25, 0.3) is 5.79 Å².